The van der Waals surface area contributed by atoms with Gasteiger partial charge < -0.3 is 15.0 Å². The Labute approximate surface area is 106 Å². The molecule has 0 aromatic carbocycles. The molecule has 2 heterocycles. The number of ether oxygens (including phenoxy) is 1. The van der Waals surface area contributed by atoms with Gasteiger partial charge in [0.25, 0.3) is 0 Å². The van der Waals surface area contributed by atoms with Gasteiger partial charge >= 0.3 is 6.18 Å². The van der Waals surface area contributed by atoms with Crippen LogP contribution >= 0.6 is 0 Å². The van der Waals surface area contributed by atoms with Gasteiger partial charge in [0.2, 0.25) is 0 Å². The molecule has 0 bridgehead atoms. The molecule has 106 valence electrons. The lowest BCUT2D eigenvalue weighted by Gasteiger charge is -2.24. The van der Waals surface area contributed by atoms with E-state index in [2.05, 4.69) is 5.32 Å². The van der Waals surface area contributed by atoms with Crippen molar-refractivity contribution in [2.24, 2.45) is 5.92 Å². The Balaban J connectivity index is 1.60. The van der Waals surface area contributed by atoms with E-state index in [9.17, 15) is 13.2 Å². The van der Waals surface area contributed by atoms with E-state index in [1.54, 1.807) is 0 Å². The average Bonchev–Trinajstić information content (AvgIpc) is 2.79. The second kappa shape index (κ2) is 6.21. The van der Waals surface area contributed by atoms with Crippen LogP contribution in [0.5, 0.6) is 0 Å². The number of likely N-dealkylation sites (tertiary alicyclic amines) is 1. The third-order valence-electron chi connectivity index (χ3n) is 3.82. The molecule has 0 spiro atoms. The molecule has 18 heavy (non-hydrogen) atoms. The van der Waals surface area contributed by atoms with E-state index in [1.165, 1.54) is 0 Å². The molecule has 2 rings (SSSR count). The molecule has 0 radical (unpaired) electrons. The van der Waals surface area contributed by atoms with E-state index in [-0.39, 0.29) is 13.0 Å². The molecular formula is C12H21F3N2O. The monoisotopic (exact) mass is 266 g/mol. The summed E-state index contributed by atoms with van der Waals surface area (Å²) in [5.74, 6) is -1.12. The Kier molecular flexibility index (Phi) is 4.86. The fourth-order valence-corrected chi connectivity index (χ4v) is 2.63. The van der Waals surface area contributed by atoms with E-state index >= 15 is 0 Å². The summed E-state index contributed by atoms with van der Waals surface area (Å²) in [6.45, 7) is 3.80. The molecule has 1 N–H and O–H groups in total. The Hall–Kier alpha value is -0.330. The van der Waals surface area contributed by atoms with E-state index in [0.29, 0.717) is 19.1 Å². The fraction of sp³-hybridized carbons (Fsp3) is 1.00. The predicted octanol–water partition coefficient (Wildman–Crippen LogP) is 1.64. The maximum absolute atomic E-state index is 12.5. The zero-order chi connectivity index (χ0) is 13.0. The molecule has 3 nitrogen and oxygen atoms in total. The number of hydrogen-bond acceptors (Lipinski definition) is 3. The normalized spacial score (nSPS) is 27.8. The highest BCUT2D eigenvalue weighted by molar-refractivity contribution is 4.81. The summed E-state index contributed by atoms with van der Waals surface area (Å²) < 4.78 is 42.7. The lowest BCUT2D eigenvalue weighted by atomic mass is 10.1. The minimum atomic E-state index is -4.02. The quantitative estimate of drug-likeness (QED) is 0.837. The molecule has 2 aliphatic rings. The van der Waals surface area contributed by atoms with E-state index < -0.39 is 12.1 Å². The second-order valence-electron chi connectivity index (χ2n) is 5.17. The Morgan fingerprint density at radius 3 is 2.50 bits per heavy atom. The largest absolute Gasteiger partial charge is 0.393 e. The van der Waals surface area contributed by atoms with Gasteiger partial charge in [0.1, 0.15) is 0 Å². The highest BCUT2D eigenvalue weighted by Crippen LogP contribution is 2.33. The summed E-state index contributed by atoms with van der Waals surface area (Å²) in [6.07, 6.45) is -1.76. The number of nitrogens with one attached hydrogen (secondary N) is 1. The molecule has 0 aliphatic carbocycles. The maximum atomic E-state index is 12.5. The van der Waals surface area contributed by atoms with Crippen molar-refractivity contribution in [3.63, 3.8) is 0 Å². The number of alkyl halides is 3. The van der Waals surface area contributed by atoms with Crippen molar-refractivity contribution in [2.45, 2.75) is 31.5 Å². The van der Waals surface area contributed by atoms with Crippen LogP contribution in [0.1, 0.15) is 19.3 Å². The van der Waals surface area contributed by atoms with Crippen LogP contribution in [-0.2, 0) is 4.74 Å². The van der Waals surface area contributed by atoms with Crippen LogP contribution in [0.25, 0.3) is 0 Å². The maximum Gasteiger partial charge on any atom is 0.393 e. The predicted molar refractivity (Wildman–Crippen MR) is 62.4 cm³/mol. The molecule has 6 heteroatoms. The van der Waals surface area contributed by atoms with Crippen molar-refractivity contribution in [3.8, 4) is 0 Å². The Morgan fingerprint density at radius 1 is 1.17 bits per heavy atom. The molecular weight excluding hydrogens is 245 g/mol. The van der Waals surface area contributed by atoms with Crippen LogP contribution in [0.4, 0.5) is 13.2 Å². The molecule has 2 aliphatic heterocycles. The van der Waals surface area contributed by atoms with E-state index in [1.807, 2.05) is 4.90 Å². The van der Waals surface area contributed by atoms with Crippen LogP contribution < -0.4 is 5.32 Å². The fourth-order valence-electron chi connectivity index (χ4n) is 2.63. The van der Waals surface area contributed by atoms with Gasteiger partial charge in [0, 0.05) is 38.9 Å². The van der Waals surface area contributed by atoms with Gasteiger partial charge in [0.15, 0.2) is 0 Å². The first-order valence-corrected chi connectivity index (χ1v) is 6.66. The molecule has 0 aromatic heterocycles. The molecule has 1 atom stereocenters. The number of nitrogens with zero attached hydrogens (tertiary/aromatic N) is 1. The van der Waals surface area contributed by atoms with Crippen LogP contribution in [0.15, 0.2) is 0 Å². The molecule has 1 unspecified atom stereocenters. The minimum Gasteiger partial charge on any atom is -0.381 e. The smallest absolute Gasteiger partial charge is 0.381 e. The summed E-state index contributed by atoms with van der Waals surface area (Å²) in [5, 5.41) is 3.40. The van der Waals surface area contributed by atoms with E-state index in [4.69, 9.17) is 4.74 Å². The topological polar surface area (TPSA) is 24.5 Å². The van der Waals surface area contributed by atoms with Crippen molar-refractivity contribution < 1.29 is 17.9 Å². The summed E-state index contributed by atoms with van der Waals surface area (Å²) in [5.41, 5.74) is 0. The van der Waals surface area contributed by atoms with Crippen molar-refractivity contribution >= 4 is 0 Å². The summed E-state index contributed by atoms with van der Waals surface area (Å²) in [4.78, 5) is 1.91. The van der Waals surface area contributed by atoms with Crippen LogP contribution in [0.2, 0.25) is 0 Å². The average molecular weight is 266 g/mol. The van der Waals surface area contributed by atoms with Crippen molar-refractivity contribution in [3.05, 3.63) is 0 Å². The molecule has 0 saturated carbocycles. The highest BCUT2D eigenvalue weighted by atomic mass is 19.4. The van der Waals surface area contributed by atoms with Crippen LogP contribution in [0, 0.1) is 5.92 Å². The third-order valence-corrected chi connectivity index (χ3v) is 3.82. The van der Waals surface area contributed by atoms with Gasteiger partial charge in [-0.05, 0) is 25.8 Å². The molecule has 2 saturated heterocycles. The lowest BCUT2D eigenvalue weighted by Crippen LogP contribution is -2.39. The zero-order valence-corrected chi connectivity index (χ0v) is 10.5. The van der Waals surface area contributed by atoms with Crippen molar-refractivity contribution in [1.82, 2.24) is 10.2 Å². The second-order valence-corrected chi connectivity index (χ2v) is 5.17. The standard InChI is InChI=1S/C12H21F3N2O/c13-12(14,15)10-1-5-17(9-10)6-4-16-11-2-7-18-8-3-11/h10-11,16H,1-9H2. The van der Waals surface area contributed by atoms with Crippen molar-refractivity contribution in [1.29, 1.82) is 0 Å². The number of halogens is 3. The van der Waals surface area contributed by atoms with Crippen molar-refractivity contribution in [2.75, 3.05) is 39.4 Å². The Morgan fingerprint density at radius 2 is 1.89 bits per heavy atom. The lowest BCUT2D eigenvalue weighted by molar-refractivity contribution is -0.170. The van der Waals surface area contributed by atoms with Gasteiger partial charge in [-0.3, -0.25) is 0 Å². The minimum absolute atomic E-state index is 0.166. The first-order valence-electron chi connectivity index (χ1n) is 6.66. The van der Waals surface area contributed by atoms with Gasteiger partial charge in [-0.2, -0.15) is 13.2 Å². The SMILES string of the molecule is FC(F)(F)C1CCN(CCNC2CCOCC2)C1. The summed E-state index contributed by atoms with van der Waals surface area (Å²) in [7, 11) is 0. The zero-order valence-electron chi connectivity index (χ0n) is 10.5. The molecule has 0 aromatic rings. The molecule has 2 fully saturated rings. The molecule has 0 amide bonds. The van der Waals surface area contributed by atoms with Crippen LogP contribution in [-0.4, -0.2) is 56.5 Å². The number of hydrogen-bond donors (Lipinski definition) is 1. The van der Waals surface area contributed by atoms with Gasteiger partial charge in [-0.25, -0.2) is 0 Å². The van der Waals surface area contributed by atoms with Crippen LogP contribution in [0.3, 0.4) is 0 Å². The van der Waals surface area contributed by atoms with Gasteiger partial charge in [0.05, 0.1) is 5.92 Å². The van der Waals surface area contributed by atoms with E-state index in [0.717, 1.165) is 32.6 Å². The first-order chi connectivity index (χ1) is 8.55. The van der Waals surface area contributed by atoms with Gasteiger partial charge in [-0.1, -0.05) is 0 Å². The van der Waals surface area contributed by atoms with Gasteiger partial charge in [-0.15, -0.1) is 0 Å². The Bertz CT molecular complexity index is 254. The number of rotatable bonds is 4. The highest BCUT2D eigenvalue weighted by Gasteiger charge is 2.43. The summed E-state index contributed by atoms with van der Waals surface area (Å²) >= 11 is 0. The summed E-state index contributed by atoms with van der Waals surface area (Å²) in [6, 6.07) is 0.472. The third kappa shape index (κ3) is 4.10. The first kappa shape index (κ1) is 14.1.